The number of ether oxygens (including phenoxy) is 2. The Bertz CT molecular complexity index is 1060. The van der Waals surface area contributed by atoms with E-state index in [0.717, 1.165) is 30.6 Å². The lowest BCUT2D eigenvalue weighted by Gasteiger charge is -2.25. The van der Waals surface area contributed by atoms with E-state index in [2.05, 4.69) is 0 Å². The average molecular weight is 437 g/mol. The van der Waals surface area contributed by atoms with Gasteiger partial charge in [0.25, 0.3) is 11.7 Å². The fourth-order valence-electron chi connectivity index (χ4n) is 4.21. The highest BCUT2D eigenvalue weighted by Crippen LogP contribution is 2.41. The van der Waals surface area contributed by atoms with Gasteiger partial charge < -0.3 is 24.6 Å². The van der Waals surface area contributed by atoms with E-state index in [0.29, 0.717) is 30.0 Å². The van der Waals surface area contributed by atoms with E-state index in [1.165, 1.54) is 4.90 Å². The maximum atomic E-state index is 13.1. The molecule has 2 aliphatic rings. The third kappa shape index (κ3) is 4.08. The molecule has 2 heterocycles. The molecule has 1 fully saturated rings. The highest BCUT2D eigenvalue weighted by Gasteiger charge is 2.45. The van der Waals surface area contributed by atoms with Crippen molar-refractivity contribution in [1.82, 2.24) is 4.90 Å². The van der Waals surface area contributed by atoms with Crippen molar-refractivity contribution in [2.24, 2.45) is 0 Å². The zero-order chi connectivity index (χ0) is 22.7. The predicted octanol–water partition coefficient (Wildman–Crippen LogP) is 3.21. The van der Waals surface area contributed by atoms with Crippen molar-refractivity contribution in [3.63, 3.8) is 0 Å². The van der Waals surface area contributed by atoms with Gasteiger partial charge in [0.15, 0.2) is 0 Å². The highest BCUT2D eigenvalue weighted by atomic mass is 16.5. The third-order valence-electron chi connectivity index (χ3n) is 5.79. The number of likely N-dealkylation sites (tertiary alicyclic amines) is 1. The van der Waals surface area contributed by atoms with Crippen molar-refractivity contribution >= 4 is 17.4 Å². The molecule has 1 saturated heterocycles. The van der Waals surface area contributed by atoms with Crippen LogP contribution in [0.25, 0.3) is 5.76 Å². The summed E-state index contributed by atoms with van der Waals surface area (Å²) in [6.45, 7) is 3.02. The molecule has 2 aromatic rings. The van der Waals surface area contributed by atoms with Crippen LogP contribution >= 0.6 is 0 Å². The first-order chi connectivity index (χ1) is 15.5. The molecule has 2 N–H and O–H groups in total. The van der Waals surface area contributed by atoms with Gasteiger partial charge in [-0.3, -0.25) is 9.59 Å². The quantitative estimate of drug-likeness (QED) is 0.374. The van der Waals surface area contributed by atoms with Crippen molar-refractivity contribution in [2.45, 2.75) is 32.2 Å². The van der Waals surface area contributed by atoms with E-state index < -0.39 is 17.7 Å². The average Bonchev–Trinajstić information content (AvgIpc) is 3.38. The number of Topliss-reactive ketones (excluding diaryl/α,β-unsaturated/α-hetero) is 1. The predicted molar refractivity (Wildman–Crippen MR) is 119 cm³/mol. The molecule has 0 spiro atoms. The molecule has 0 radical (unpaired) electrons. The molecule has 0 bridgehead atoms. The number of nitrogens with zero attached hydrogens (tertiary/aromatic N) is 1. The largest absolute Gasteiger partial charge is 0.507 e. The first-order valence-electron chi connectivity index (χ1n) is 10.9. The van der Waals surface area contributed by atoms with Crippen LogP contribution in [-0.2, 0) is 16.0 Å². The van der Waals surface area contributed by atoms with Crippen LogP contribution in [0.15, 0.2) is 48.0 Å². The molecule has 1 amide bonds. The number of aliphatic hydroxyl groups is 2. The molecule has 1 atom stereocenters. The Kier molecular flexibility index (Phi) is 6.46. The van der Waals surface area contributed by atoms with Crippen LogP contribution in [0.3, 0.4) is 0 Å². The zero-order valence-corrected chi connectivity index (χ0v) is 18.0. The van der Waals surface area contributed by atoms with Gasteiger partial charge >= 0.3 is 0 Å². The van der Waals surface area contributed by atoms with Gasteiger partial charge in [0.2, 0.25) is 0 Å². The number of rotatable bonds is 8. The minimum Gasteiger partial charge on any atom is -0.507 e. The van der Waals surface area contributed by atoms with Gasteiger partial charge in [0.1, 0.15) is 23.9 Å². The number of benzene rings is 2. The van der Waals surface area contributed by atoms with Crippen molar-refractivity contribution in [2.75, 3.05) is 26.4 Å². The molecule has 1 unspecified atom stereocenters. The molecule has 0 saturated carbocycles. The van der Waals surface area contributed by atoms with Crippen LogP contribution in [-0.4, -0.2) is 53.2 Å². The summed E-state index contributed by atoms with van der Waals surface area (Å²) in [6.07, 6.45) is 2.33. The van der Waals surface area contributed by atoms with Crippen LogP contribution in [0, 0.1) is 0 Å². The molecule has 0 aromatic heterocycles. The van der Waals surface area contributed by atoms with Crippen molar-refractivity contribution < 1.29 is 29.3 Å². The van der Waals surface area contributed by atoms with Gasteiger partial charge in [-0.25, -0.2) is 0 Å². The molecule has 7 nitrogen and oxygen atoms in total. The Labute approximate surface area is 186 Å². The lowest BCUT2D eigenvalue weighted by Crippen LogP contribution is -2.30. The lowest BCUT2D eigenvalue weighted by molar-refractivity contribution is -0.139. The fraction of sp³-hybridized carbons (Fsp3) is 0.360. The monoisotopic (exact) mass is 437 g/mol. The van der Waals surface area contributed by atoms with Gasteiger partial charge in [0, 0.05) is 18.5 Å². The number of carbonyl (C=O) groups excluding carboxylic acids is 2. The normalized spacial score (nSPS) is 19.2. The summed E-state index contributed by atoms with van der Waals surface area (Å²) in [5, 5.41) is 20.3. The van der Waals surface area contributed by atoms with E-state index in [4.69, 9.17) is 14.6 Å². The van der Waals surface area contributed by atoms with Crippen molar-refractivity contribution in [3.8, 4) is 11.5 Å². The minimum absolute atomic E-state index is 0.0734. The molecule has 32 heavy (non-hydrogen) atoms. The molecular weight excluding hydrogens is 410 g/mol. The number of hydrogen-bond donors (Lipinski definition) is 2. The second kappa shape index (κ2) is 9.44. The van der Waals surface area contributed by atoms with Gasteiger partial charge in [-0.05, 0) is 47.9 Å². The van der Waals surface area contributed by atoms with Crippen LogP contribution in [0.2, 0.25) is 0 Å². The summed E-state index contributed by atoms with van der Waals surface area (Å²) in [7, 11) is 0. The highest BCUT2D eigenvalue weighted by molar-refractivity contribution is 6.46. The minimum atomic E-state index is -0.719. The van der Waals surface area contributed by atoms with Crippen molar-refractivity contribution in [3.05, 3.63) is 64.7 Å². The van der Waals surface area contributed by atoms with Gasteiger partial charge in [0.05, 0.1) is 24.8 Å². The van der Waals surface area contributed by atoms with E-state index in [1.807, 2.05) is 19.1 Å². The smallest absolute Gasteiger partial charge is 0.295 e. The summed E-state index contributed by atoms with van der Waals surface area (Å²) in [4.78, 5) is 27.5. The van der Waals surface area contributed by atoms with Crippen molar-refractivity contribution in [1.29, 1.82) is 0 Å². The topological polar surface area (TPSA) is 96.3 Å². The first-order valence-corrected chi connectivity index (χ1v) is 10.9. The van der Waals surface area contributed by atoms with Gasteiger partial charge in [-0.2, -0.15) is 0 Å². The first kappa shape index (κ1) is 21.9. The SMILES string of the molecule is CCCCN1C(=O)C(=O)/C(=C(\O)c2ccc3c(c2)CCO3)C1c1cccc(OCCO)c1. The summed E-state index contributed by atoms with van der Waals surface area (Å²) >= 11 is 0. The van der Waals surface area contributed by atoms with E-state index in [-0.39, 0.29) is 24.5 Å². The molecule has 4 rings (SSSR count). The van der Waals surface area contributed by atoms with Crippen LogP contribution in [0.1, 0.15) is 42.5 Å². The standard InChI is InChI=1S/C25H27NO6/c1-2-3-10-26-22(17-5-4-6-19(15-17)31-13-11-27)21(24(29)25(26)30)23(28)18-7-8-20-16(14-18)9-12-32-20/h4-8,14-15,22,27-28H,2-3,9-13H2,1H3/b23-21-. The Morgan fingerprint density at radius 1 is 1.22 bits per heavy atom. The third-order valence-corrected chi connectivity index (χ3v) is 5.79. The molecular formula is C25H27NO6. The summed E-state index contributed by atoms with van der Waals surface area (Å²) in [6, 6.07) is 11.7. The molecule has 7 heteroatoms. The maximum Gasteiger partial charge on any atom is 0.295 e. The van der Waals surface area contributed by atoms with E-state index in [1.54, 1.807) is 30.3 Å². The number of aliphatic hydroxyl groups excluding tert-OH is 2. The second-order valence-corrected chi connectivity index (χ2v) is 7.91. The van der Waals surface area contributed by atoms with Gasteiger partial charge in [-0.15, -0.1) is 0 Å². The Morgan fingerprint density at radius 3 is 2.84 bits per heavy atom. The van der Waals surface area contributed by atoms with Crippen LogP contribution in [0.4, 0.5) is 0 Å². The van der Waals surface area contributed by atoms with E-state index in [9.17, 15) is 14.7 Å². The maximum absolute atomic E-state index is 13.1. The van der Waals surface area contributed by atoms with Gasteiger partial charge in [-0.1, -0.05) is 25.5 Å². The number of amides is 1. The molecule has 0 aliphatic carbocycles. The second-order valence-electron chi connectivity index (χ2n) is 7.91. The molecule has 168 valence electrons. The Hall–Kier alpha value is -3.32. The molecule has 2 aromatic carbocycles. The summed E-state index contributed by atoms with van der Waals surface area (Å²) in [5.74, 6) is -0.204. The fourth-order valence-corrected chi connectivity index (χ4v) is 4.21. The lowest BCUT2D eigenvalue weighted by atomic mass is 9.94. The molecule has 2 aliphatic heterocycles. The zero-order valence-electron chi connectivity index (χ0n) is 18.0. The summed E-state index contributed by atoms with van der Waals surface area (Å²) in [5.41, 5.74) is 2.19. The van der Waals surface area contributed by atoms with Crippen LogP contribution < -0.4 is 9.47 Å². The summed E-state index contributed by atoms with van der Waals surface area (Å²) < 4.78 is 11.1. The number of carbonyl (C=O) groups is 2. The number of unbranched alkanes of at least 4 members (excludes halogenated alkanes) is 1. The number of hydrogen-bond acceptors (Lipinski definition) is 6. The Morgan fingerprint density at radius 2 is 2.06 bits per heavy atom. The van der Waals surface area contributed by atoms with Crippen LogP contribution in [0.5, 0.6) is 11.5 Å². The van der Waals surface area contributed by atoms with E-state index >= 15 is 0 Å². The number of ketones is 1. The number of fused-ring (bicyclic) bond motifs is 1. The Balaban J connectivity index is 1.80.